The quantitative estimate of drug-likeness (QED) is 0.516. The molecule has 0 aromatic carbocycles. The molecule has 1 heterocycles. The van der Waals surface area contributed by atoms with Crippen LogP contribution in [0.15, 0.2) is 4.99 Å². The van der Waals surface area contributed by atoms with Crippen LogP contribution < -0.4 is 5.32 Å². The average Bonchev–Trinajstić information content (AvgIpc) is 2.19. The van der Waals surface area contributed by atoms with Crippen LogP contribution >= 0.6 is 12.6 Å². The summed E-state index contributed by atoms with van der Waals surface area (Å²) in [7, 11) is 0. The molecule has 0 aromatic heterocycles. The number of thiol groups is 1. The molecule has 0 aliphatic carbocycles. The maximum absolute atomic E-state index is 4.18. The lowest BCUT2D eigenvalue weighted by Gasteiger charge is -1.95. The van der Waals surface area contributed by atoms with Gasteiger partial charge in [-0.15, -0.1) is 0 Å². The second-order valence-corrected chi connectivity index (χ2v) is 2.18. The molecule has 3 heteroatoms. The van der Waals surface area contributed by atoms with Crippen LogP contribution in [-0.4, -0.2) is 24.7 Å². The van der Waals surface area contributed by atoms with Gasteiger partial charge in [-0.2, -0.15) is 12.6 Å². The van der Waals surface area contributed by atoms with Crippen LogP contribution in [0.3, 0.4) is 0 Å². The van der Waals surface area contributed by atoms with Gasteiger partial charge in [-0.25, -0.2) is 0 Å². The molecule has 1 rings (SSSR count). The van der Waals surface area contributed by atoms with E-state index in [-0.39, 0.29) is 0 Å². The molecule has 0 aromatic rings. The van der Waals surface area contributed by atoms with Gasteiger partial charge in [-0.05, 0) is 5.75 Å². The molecule has 0 unspecified atom stereocenters. The monoisotopic (exact) mass is 130 g/mol. The summed E-state index contributed by atoms with van der Waals surface area (Å²) >= 11 is 4.07. The van der Waals surface area contributed by atoms with Gasteiger partial charge in [0.15, 0.2) is 0 Å². The minimum atomic E-state index is 0.895. The molecule has 1 N–H and O–H groups in total. The van der Waals surface area contributed by atoms with Crippen molar-refractivity contribution < 1.29 is 0 Å². The molecular weight excluding hydrogens is 120 g/mol. The Labute approximate surface area is 54.8 Å². The van der Waals surface area contributed by atoms with Gasteiger partial charge in [-0.3, -0.25) is 4.99 Å². The summed E-state index contributed by atoms with van der Waals surface area (Å²) in [6.07, 6.45) is 0.989. The van der Waals surface area contributed by atoms with Gasteiger partial charge in [-0.1, -0.05) is 0 Å². The van der Waals surface area contributed by atoms with Crippen molar-refractivity contribution in [2.24, 2.45) is 4.99 Å². The lowest BCUT2D eigenvalue weighted by Crippen LogP contribution is -2.18. The molecule has 0 bridgehead atoms. The Hall–Kier alpha value is -0.180. The first-order chi connectivity index (χ1) is 3.93. The van der Waals surface area contributed by atoms with Gasteiger partial charge < -0.3 is 5.32 Å². The Morgan fingerprint density at radius 3 is 3.12 bits per heavy atom. The number of aliphatic imine (C=N–C) groups is 1. The van der Waals surface area contributed by atoms with E-state index in [9.17, 15) is 0 Å². The van der Waals surface area contributed by atoms with E-state index >= 15 is 0 Å². The second kappa shape index (κ2) is 2.97. The standard InChI is InChI=1S/C5H10N2S/c8-4-1-5-6-2-3-7-5/h8H,1-4H2,(H,6,7). The zero-order valence-corrected chi connectivity index (χ0v) is 5.62. The van der Waals surface area contributed by atoms with Crippen LogP contribution in [0.5, 0.6) is 0 Å². The van der Waals surface area contributed by atoms with E-state index in [2.05, 4.69) is 22.9 Å². The van der Waals surface area contributed by atoms with Gasteiger partial charge in [0.1, 0.15) is 0 Å². The number of nitrogens with one attached hydrogen (secondary N) is 1. The lowest BCUT2D eigenvalue weighted by molar-refractivity contribution is 0.952. The fourth-order valence-corrected chi connectivity index (χ4v) is 0.932. The van der Waals surface area contributed by atoms with E-state index < -0.39 is 0 Å². The molecule has 46 valence electrons. The predicted molar refractivity (Wildman–Crippen MR) is 38.8 cm³/mol. The highest BCUT2D eigenvalue weighted by Crippen LogP contribution is 1.91. The molecular formula is C5H10N2S. The number of rotatable bonds is 2. The van der Waals surface area contributed by atoms with Gasteiger partial charge in [0.05, 0.1) is 12.4 Å². The van der Waals surface area contributed by atoms with Crippen LogP contribution in [0.2, 0.25) is 0 Å². The van der Waals surface area contributed by atoms with Crippen LogP contribution in [0.4, 0.5) is 0 Å². The Kier molecular flexibility index (Phi) is 2.21. The van der Waals surface area contributed by atoms with Crippen LogP contribution in [0.25, 0.3) is 0 Å². The molecule has 1 aliphatic heterocycles. The van der Waals surface area contributed by atoms with E-state index in [4.69, 9.17) is 0 Å². The van der Waals surface area contributed by atoms with Crippen molar-refractivity contribution in [3.63, 3.8) is 0 Å². The summed E-state index contributed by atoms with van der Waals surface area (Å²) in [5.74, 6) is 2.02. The predicted octanol–water partition coefficient (Wildman–Crippen LogP) is 0.308. The van der Waals surface area contributed by atoms with Crippen molar-refractivity contribution >= 4 is 18.5 Å². The summed E-state index contributed by atoms with van der Waals surface area (Å²) in [5, 5.41) is 3.16. The minimum Gasteiger partial charge on any atom is -0.372 e. The number of hydrogen-bond donors (Lipinski definition) is 2. The highest BCUT2D eigenvalue weighted by atomic mass is 32.1. The third-order valence-corrected chi connectivity index (χ3v) is 1.32. The smallest absolute Gasteiger partial charge is 0.0972 e. The van der Waals surface area contributed by atoms with Crippen LogP contribution in [0, 0.1) is 0 Å². The summed E-state index contributed by atoms with van der Waals surface area (Å²) in [5.41, 5.74) is 0. The summed E-state index contributed by atoms with van der Waals surface area (Å²) in [6.45, 7) is 1.96. The van der Waals surface area contributed by atoms with Crippen molar-refractivity contribution in [1.82, 2.24) is 5.32 Å². The lowest BCUT2D eigenvalue weighted by atomic mass is 10.4. The van der Waals surface area contributed by atoms with Gasteiger partial charge >= 0.3 is 0 Å². The topological polar surface area (TPSA) is 24.4 Å². The number of amidine groups is 1. The molecule has 2 nitrogen and oxygen atoms in total. The SMILES string of the molecule is SCCC1=NCCN1. The molecule has 0 fully saturated rings. The first-order valence-electron chi connectivity index (χ1n) is 2.81. The first-order valence-corrected chi connectivity index (χ1v) is 3.45. The first kappa shape index (κ1) is 5.95. The Morgan fingerprint density at radius 2 is 2.62 bits per heavy atom. The zero-order chi connectivity index (χ0) is 5.82. The third kappa shape index (κ3) is 1.40. The minimum absolute atomic E-state index is 0.895. The highest BCUT2D eigenvalue weighted by Gasteiger charge is 2.00. The van der Waals surface area contributed by atoms with Crippen LogP contribution in [-0.2, 0) is 0 Å². The van der Waals surface area contributed by atoms with Gasteiger partial charge in [0, 0.05) is 13.0 Å². The Bertz CT molecular complexity index is 101. The van der Waals surface area contributed by atoms with Gasteiger partial charge in [0.25, 0.3) is 0 Å². The van der Waals surface area contributed by atoms with E-state index in [0.29, 0.717) is 0 Å². The summed E-state index contributed by atoms with van der Waals surface area (Å²) in [6, 6.07) is 0. The van der Waals surface area contributed by atoms with E-state index in [0.717, 1.165) is 31.1 Å². The maximum Gasteiger partial charge on any atom is 0.0972 e. The fourth-order valence-electron chi connectivity index (χ4n) is 0.720. The maximum atomic E-state index is 4.18. The van der Waals surface area contributed by atoms with Crippen molar-refractivity contribution in [3.05, 3.63) is 0 Å². The third-order valence-electron chi connectivity index (χ3n) is 1.09. The summed E-state index contributed by atoms with van der Waals surface area (Å²) < 4.78 is 0. The average molecular weight is 130 g/mol. The Balaban J connectivity index is 2.23. The van der Waals surface area contributed by atoms with Crippen molar-refractivity contribution in [2.75, 3.05) is 18.8 Å². The van der Waals surface area contributed by atoms with E-state index in [1.54, 1.807) is 0 Å². The van der Waals surface area contributed by atoms with Gasteiger partial charge in [0.2, 0.25) is 0 Å². The van der Waals surface area contributed by atoms with E-state index in [1.807, 2.05) is 0 Å². The molecule has 0 saturated carbocycles. The summed E-state index contributed by atoms with van der Waals surface area (Å²) in [4.78, 5) is 4.18. The van der Waals surface area contributed by atoms with Crippen LogP contribution in [0.1, 0.15) is 6.42 Å². The fraction of sp³-hybridized carbons (Fsp3) is 0.800. The molecule has 0 spiro atoms. The largest absolute Gasteiger partial charge is 0.372 e. The Morgan fingerprint density at radius 1 is 1.75 bits per heavy atom. The van der Waals surface area contributed by atoms with Crippen molar-refractivity contribution in [2.45, 2.75) is 6.42 Å². The molecule has 0 saturated heterocycles. The van der Waals surface area contributed by atoms with Crippen molar-refractivity contribution in [3.8, 4) is 0 Å². The van der Waals surface area contributed by atoms with E-state index in [1.165, 1.54) is 0 Å². The second-order valence-electron chi connectivity index (χ2n) is 1.73. The molecule has 8 heavy (non-hydrogen) atoms. The number of hydrogen-bond acceptors (Lipinski definition) is 3. The molecule has 1 aliphatic rings. The zero-order valence-electron chi connectivity index (χ0n) is 4.72. The number of nitrogens with zero attached hydrogens (tertiary/aromatic N) is 1. The van der Waals surface area contributed by atoms with Crippen molar-refractivity contribution in [1.29, 1.82) is 0 Å². The highest BCUT2D eigenvalue weighted by molar-refractivity contribution is 7.80. The molecule has 0 atom stereocenters. The molecule has 0 amide bonds. The molecule has 0 radical (unpaired) electrons. The normalized spacial score (nSPS) is 17.9.